The molecule has 0 bridgehead atoms. The minimum Gasteiger partial charge on any atom is -0.493 e. The smallest absolute Gasteiger partial charge is 0.350 e. The zero-order valence-corrected chi connectivity index (χ0v) is 31.2. The number of aromatic nitrogens is 1. The standard InChI is InChI=1S/C39H44N4O8S/c1-8-21(3)32(37(46)43-39-42-33(23-13-11-10-12-14-23)36(52-39)38(47)51-9-2)41-28-18-16-25-26(20-29(28)45)27(40-22(4)44)17-15-24-19-30(48-5)34(49-6)35(50-7)31(24)25/h10-14,16,18-21,27,32H,8-9,15,17H2,1-7H3,(H,40,44)(H,41,45)(H,42,43,46)/t21-,27+,32+/m1/s1. The van der Waals surface area contributed by atoms with Crippen LogP contribution in [0.5, 0.6) is 17.2 Å². The number of benzene rings is 2. The van der Waals surface area contributed by atoms with Crippen molar-refractivity contribution in [3.05, 3.63) is 80.8 Å². The van der Waals surface area contributed by atoms with Gasteiger partial charge in [-0.15, -0.1) is 0 Å². The Balaban J connectivity index is 1.57. The molecule has 3 aromatic carbocycles. The third kappa shape index (κ3) is 7.89. The number of nitrogens with zero attached hydrogens (tertiary/aromatic N) is 1. The number of esters is 1. The number of aryl methyl sites for hydroxylation is 1. The number of hydrogen-bond acceptors (Lipinski definition) is 11. The second kappa shape index (κ2) is 16.7. The van der Waals surface area contributed by atoms with Crippen LogP contribution in [0.15, 0.2) is 59.4 Å². The molecule has 274 valence electrons. The van der Waals surface area contributed by atoms with Gasteiger partial charge in [0, 0.05) is 18.1 Å². The molecular formula is C39H44N4O8S. The molecule has 0 fully saturated rings. The Hall–Kier alpha value is -5.43. The number of methoxy groups -OCH3 is 3. The van der Waals surface area contributed by atoms with E-state index in [1.807, 2.05) is 50.2 Å². The maximum atomic E-state index is 14.0. The first-order valence-electron chi connectivity index (χ1n) is 17.1. The van der Waals surface area contributed by atoms with Crippen LogP contribution in [0.3, 0.4) is 0 Å². The molecule has 1 aromatic heterocycles. The van der Waals surface area contributed by atoms with Crippen molar-refractivity contribution in [3.63, 3.8) is 0 Å². The van der Waals surface area contributed by atoms with E-state index in [2.05, 4.69) is 20.9 Å². The monoisotopic (exact) mass is 728 g/mol. The van der Waals surface area contributed by atoms with Crippen molar-refractivity contribution < 1.29 is 33.3 Å². The first-order valence-corrected chi connectivity index (χ1v) is 17.9. The van der Waals surface area contributed by atoms with Crippen LogP contribution < -0.4 is 35.6 Å². The maximum Gasteiger partial charge on any atom is 0.350 e. The Labute approximate surface area is 306 Å². The summed E-state index contributed by atoms with van der Waals surface area (Å²) in [7, 11) is 4.62. The molecule has 2 amide bonds. The zero-order valence-electron chi connectivity index (χ0n) is 30.4. The average Bonchev–Trinajstić information content (AvgIpc) is 3.42. The van der Waals surface area contributed by atoms with Gasteiger partial charge in [0.05, 0.1) is 45.4 Å². The van der Waals surface area contributed by atoms with Gasteiger partial charge < -0.3 is 34.9 Å². The second-order valence-electron chi connectivity index (χ2n) is 12.4. The van der Waals surface area contributed by atoms with E-state index in [1.165, 1.54) is 20.1 Å². The molecule has 0 unspecified atom stereocenters. The van der Waals surface area contributed by atoms with Crippen molar-refractivity contribution in [1.82, 2.24) is 10.3 Å². The molecule has 1 heterocycles. The molecule has 3 N–H and O–H groups in total. The quantitative estimate of drug-likeness (QED) is 0.128. The van der Waals surface area contributed by atoms with Crippen LogP contribution in [-0.4, -0.2) is 56.7 Å². The van der Waals surface area contributed by atoms with Gasteiger partial charge >= 0.3 is 5.97 Å². The number of hydrogen-bond donors (Lipinski definition) is 3. The third-order valence-corrected chi connectivity index (χ3v) is 10.0. The Bertz CT molecular complexity index is 2020. The normalized spacial score (nSPS) is 14.4. The lowest BCUT2D eigenvalue weighted by molar-refractivity contribution is -0.120. The molecule has 5 rings (SSSR count). The van der Waals surface area contributed by atoms with Gasteiger partial charge in [-0.3, -0.25) is 14.4 Å². The molecule has 13 heteroatoms. The average molecular weight is 729 g/mol. The van der Waals surface area contributed by atoms with Gasteiger partial charge in [-0.05, 0) is 60.6 Å². The predicted octanol–water partition coefficient (Wildman–Crippen LogP) is 6.63. The third-order valence-electron chi connectivity index (χ3n) is 9.09. The van der Waals surface area contributed by atoms with Crippen molar-refractivity contribution in [2.45, 2.75) is 59.0 Å². The van der Waals surface area contributed by atoms with Crippen LogP contribution in [0.1, 0.15) is 67.4 Å². The molecule has 0 spiro atoms. The number of nitrogens with one attached hydrogen (secondary N) is 3. The van der Waals surface area contributed by atoms with Gasteiger partial charge in [-0.1, -0.05) is 68.0 Å². The summed E-state index contributed by atoms with van der Waals surface area (Å²) >= 11 is 1.03. The number of carbonyl (C=O) groups is 3. The van der Waals surface area contributed by atoms with Crippen LogP contribution in [0.25, 0.3) is 22.4 Å². The van der Waals surface area contributed by atoms with Crippen LogP contribution >= 0.6 is 11.3 Å². The fraction of sp³-hybridized carbons (Fsp3) is 0.359. The van der Waals surface area contributed by atoms with Gasteiger partial charge in [0.25, 0.3) is 0 Å². The maximum absolute atomic E-state index is 14.0. The lowest BCUT2D eigenvalue weighted by Crippen LogP contribution is -2.40. The predicted molar refractivity (Wildman–Crippen MR) is 202 cm³/mol. The zero-order chi connectivity index (χ0) is 37.5. The van der Waals surface area contributed by atoms with Gasteiger partial charge in [0.2, 0.25) is 23.0 Å². The van der Waals surface area contributed by atoms with Crippen molar-refractivity contribution in [2.75, 3.05) is 38.6 Å². The Morgan fingerprint density at radius 3 is 2.35 bits per heavy atom. The molecule has 12 nitrogen and oxygen atoms in total. The molecule has 1 aliphatic carbocycles. The largest absolute Gasteiger partial charge is 0.493 e. The number of rotatable bonds is 13. The highest BCUT2D eigenvalue weighted by atomic mass is 32.1. The number of fused-ring (bicyclic) bond motifs is 3. The molecule has 0 saturated carbocycles. The van der Waals surface area contributed by atoms with E-state index in [1.54, 1.807) is 33.3 Å². The van der Waals surface area contributed by atoms with E-state index < -0.39 is 24.0 Å². The summed E-state index contributed by atoms with van der Waals surface area (Å²) < 4.78 is 22.5. The number of amides is 2. The molecule has 4 aromatic rings. The number of anilines is 2. The number of carbonyl (C=O) groups excluding carboxylic acids is 3. The highest BCUT2D eigenvalue weighted by Gasteiger charge is 2.31. The van der Waals surface area contributed by atoms with Gasteiger partial charge in [-0.2, -0.15) is 0 Å². The summed E-state index contributed by atoms with van der Waals surface area (Å²) in [4.78, 5) is 58.2. The number of thiazole rings is 1. The van der Waals surface area contributed by atoms with Crippen molar-refractivity contribution in [3.8, 4) is 39.6 Å². The topological polar surface area (TPSA) is 154 Å². The van der Waals surface area contributed by atoms with Gasteiger partial charge in [0.15, 0.2) is 16.6 Å². The molecule has 0 aliphatic heterocycles. The lowest BCUT2D eigenvalue weighted by Gasteiger charge is -2.23. The molecule has 3 atom stereocenters. The molecule has 52 heavy (non-hydrogen) atoms. The second-order valence-corrected chi connectivity index (χ2v) is 13.4. The van der Waals surface area contributed by atoms with Gasteiger partial charge in [0.1, 0.15) is 10.9 Å². The molecule has 1 aliphatic rings. The Kier molecular flexibility index (Phi) is 12.2. The van der Waals surface area contributed by atoms with E-state index >= 15 is 0 Å². The van der Waals surface area contributed by atoms with Crippen LogP contribution in [0.2, 0.25) is 0 Å². The summed E-state index contributed by atoms with van der Waals surface area (Å²) in [5, 5.41) is 9.34. The van der Waals surface area contributed by atoms with E-state index in [9.17, 15) is 19.2 Å². The van der Waals surface area contributed by atoms with Gasteiger partial charge in [-0.25, -0.2) is 9.78 Å². The molecule has 0 saturated heterocycles. The Morgan fingerprint density at radius 1 is 0.981 bits per heavy atom. The van der Waals surface area contributed by atoms with E-state index in [0.717, 1.165) is 22.5 Å². The van der Waals surface area contributed by atoms with Crippen LogP contribution in [0, 0.1) is 5.92 Å². The highest BCUT2D eigenvalue weighted by Crippen LogP contribution is 2.50. The summed E-state index contributed by atoms with van der Waals surface area (Å²) in [6, 6.07) is 14.7. The first kappa shape index (κ1) is 37.8. The van der Waals surface area contributed by atoms with Crippen molar-refractivity contribution >= 4 is 39.9 Å². The van der Waals surface area contributed by atoms with E-state index in [0.29, 0.717) is 58.9 Å². The first-order chi connectivity index (χ1) is 25.0. The molecular weight excluding hydrogens is 685 g/mol. The summed E-state index contributed by atoms with van der Waals surface area (Å²) in [5.41, 5.74) is 3.82. The van der Waals surface area contributed by atoms with Crippen LogP contribution in [0.4, 0.5) is 10.8 Å². The highest BCUT2D eigenvalue weighted by molar-refractivity contribution is 7.18. The summed E-state index contributed by atoms with van der Waals surface area (Å²) in [6.45, 7) is 7.22. The fourth-order valence-electron chi connectivity index (χ4n) is 6.38. The van der Waals surface area contributed by atoms with Crippen molar-refractivity contribution in [2.24, 2.45) is 5.92 Å². The summed E-state index contributed by atoms with van der Waals surface area (Å²) in [6.07, 6.45) is 1.69. The fourth-order valence-corrected chi connectivity index (χ4v) is 7.26. The summed E-state index contributed by atoms with van der Waals surface area (Å²) in [5.74, 6) is -0.0770. The minimum absolute atomic E-state index is 0.187. The van der Waals surface area contributed by atoms with E-state index in [-0.39, 0.29) is 39.6 Å². The SMILES string of the molecule is CCOC(=O)c1sc(NC(=O)[C@@H](Nc2ccc3c(cc2=O)[C@@H](NC(C)=O)CCc2cc(OC)c(OC)c(OC)c2-3)[C@H](C)CC)nc1-c1ccccc1. The minimum atomic E-state index is -0.854. The van der Waals surface area contributed by atoms with Crippen LogP contribution in [-0.2, 0) is 20.7 Å². The molecule has 0 radical (unpaired) electrons. The number of ether oxygens (including phenoxy) is 4. The van der Waals surface area contributed by atoms with Crippen molar-refractivity contribution in [1.29, 1.82) is 0 Å². The lowest BCUT2D eigenvalue weighted by atomic mass is 9.95. The Morgan fingerprint density at radius 2 is 1.71 bits per heavy atom. The van der Waals surface area contributed by atoms with E-state index in [4.69, 9.17) is 18.9 Å².